The van der Waals surface area contributed by atoms with Crippen molar-refractivity contribution in [1.82, 2.24) is 4.72 Å². The van der Waals surface area contributed by atoms with E-state index in [0.717, 1.165) is 0 Å². The summed E-state index contributed by atoms with van der Waals surface area (Å²) < 4.78 is 36.6. The van der Waals surface area contributed by atoms with Gasteiger partial charge in [-0.3, -0.25) is 4.79 Å². The Balaban J connectivity index is 2.28. The zero-order valence-corrected chi connectivity index (χ0v) is 12.7. The van der Waals surface area contributed by atoms with Crippen LogP contribution in [0.15, 0.2) is 39.6 Å². The topological polar surface area (TPSA) is 85.6 Å². The van der Waals surface area contributed by atoms with Gasteiger partial charge >= 0.3 is 0 Å². The van der Waals surface area contributed by atoms with Gasteiger partial charge in [0, 0.05) is 6.07 Å². The molecule has 0 aliphatic rings. The van der Waals surface area contributed by atoms with E-state index >= 15 is 0 Å². The minimum atomic E-state index is -3.97. The van der Waals surface area contributed by atoms with Crippen molar-refractivity contribution in [3.8, 4) is 5.75 Å². The summed E-state index contributed by atoms with van der Waals surface area (Å²) >= 11 is 0. The van der Waals surface area contributed by atoms with E-state index in [0.29, 0.717) is 17.3 Å². The summed E-state index contributed by atoms with van der Waals surface area (Å²) in [5.74, 6) is 0.565. The SMILES string of the molecule is COc1cccc(S(=O)(=O)NC(=O)c2cc(C)oc2C)c1. The van der Waals surface area contributed by atoms with Crippen molar-refractivity contribution in [3.05, 3.63) is 47.4 Å². The van der Waals surface area contributed by atoms with E-state index in [1.165, 1.54) is 31.4 Å². The van der Waals surface area contributed by atoms with E-state index in [9.17, 15) is 13.2 Å². The molecular weight excluding hydrogens is 294 g/mol. The number of hydrogen-bond donors (Lipinski definition) is 1. The van der Waals surface area contributed by atoms with Crippen molar-refractivity contribution in [1.29, 1.82) is 0 Å². The average Bonchev–Trinajstić information content (AvgIpc) is 2.77. The van der Waals surface area contributed by atoms with Crippen LogP contribution >= 0.6 is 0 Å². The summed E-state index contributed by atoms with van der Waals surface area (Å²) in [6.07, 6.45) is 0. The fourth-order valence-electron chi connectivity index (χ4n) is 1.86. The number of carbonyl (C=O) groups is 1. The molecule has 0 atom stereocenters. The molecule has 112 valence electrons. The van der Waals surface area contributed by atoms with Crippen molar-refractivity contribution in [3.63, 3.8) is 0 Å². The van der Waals surface area contributed by atoms with E-state index in [2.05, 4.69) is 0 Å². The number of nitrogens with one attached hydrogen (secondary N) is 1. The van der Waals surface area contributed by atoms with Gasteiger partial charge in [0.1, 0.15) is 17.3 Å². The molecule has 0 saturated heterocycles. The lowest BCUT2D eigenvalue weighted by atomic mass is 10.2. The van der Waals surface area contributed by atoms with Gasteiger partial charge in [0.05, 0.1) is 17.6 Å². The van der Waals surface area contributed by atoms with Crippen LogP contribution in [0, 0.1) is 13.8 Å². The highest BCUT2D eigenvalue weighted by Crippen LogP contribution is 2.18. The zero-order chi connectivity index (χ0) is 15.6. The second kappa shape index (κ2) is 5.61. The first-order chi connectivity index (χ1) is 9.83. The number of ether oxygens (including phenoxy) is 1. The highest BCUT2D eigenvalue weighted by molar-refractivity contribution is 7.90. The van der Waals surface area contributed by atoms with Gasteiger partial charge in [0.15, 0.2) is 0 Å². The summed E-state index contributed by atoms with van der Waals surface area (Å²) in [7, 11) is -2.54. The summed E-state index contributed by atoms with van der Waals surface area (Å²) in [6.45, 7) is 3.28. The molecule has 2 aromatic rings. The molecule has 1 aromatic heterocycles. The maximum absolute atomic E-state index is 12.2. The average molecular weight is 309 g/mol. The number of sulfonamides is 1. The summed E-state index contributed by atoms with van der Waals surface area (Å²) in [4.78, 5) is 12.0. The highest BCUT2D eigenvalue weighted by Gasteiger charge is 2.22. The van der Waals surface area contributed by atoms with E-state index in [1.807, 2.05) is 4.72 Å². The van der Waals surface area contributed by atoms with Crippen LogP contribution in [0.5, 0.6) is 5.75 Å². The maximum atomic E-state index is 12.2. The van der Waals surface area contributed by atoms with E-state index in [1.54, 1.807) is 19.9 Å². The van der Waals surface area contributed by atoms with Gasteiger partial charge in [0.2, 0.25) is 0 Å². The number of aryl methyl sites for hydroxylation is 2. The molecule has 0 aliphatic carbocycles. The van der Waals surface area contributed by atoms with Crippen LogP contribution in [0.2, 0.25) is 0 Å². The maximum Gasteiger partial charge on any atom is 0.268 e. The van der Waals surface area contributed by atoms with Gasteiger partial charge in [-0.1, -0.05) is 6.07 Å². The number of rotatable bonds is 4. The first kappa shape index (κ1) is 15.1. The van der Waals surface area contributed by atoms with Crippen LogP contribution in [-0.4, -0.2) is 21.4 Å². The second-order valence-electron chi connectivity index (χ2n) is 4.44. The number of carbonyl (C=O) groups excluding carboxylic acids is 1. The fourth-order valence-corrected chi connectivity index (χ4v) is 2.86. The third-order valence-corrected chi connectivity index (χ3v) is 4.19. The Labute approximate surface area is 122 Å². The Kier molecular flexibility index (Phi) is 4.04. The highest BCUT2D eigenvalue weighted by atomic mass is 32.2. The monoisotopic (exact) mass is 309 g/mol. The van der Waals surface area contributed by atoms with E-state index < -0.39 is 15.9 Å². The molecule has 7 heteroatoms. The lowest BCUT2D eigenvalue weighted by Crippen LogP contribution is -2.30. The number of methoxy groups -OCH3 is 1. The Bertz CT molecular complexity index is 776. The standard InChI is InChI=1S/C14H15NO5S/c1-9-7-13(10(2)20-9)14(16)15-21(17,18)12-6-4-5-11(8-12)19-3/h4-8H,1-3H3,(H,15,16). The van der Waals surface area contributed by atoms with Crippen LogP contribution in [0.25, 0.3) is 0 Å². The molecule has 0 spiro atoms. The molecule has 0 saturated carbocycles. The van der Waals surface area contributed by atoms with Gasteiger partial charge < -0.3 is 9.15 Å². The summed E-state index contributed by atoms with van der Waals surface area (Å²) in [5.41, 5.74) is 0.193. The smallest absolute Gasteiger partial charge is 0.268 e. The van der Waals surface area contributed by atoms with Crippen molar-refractivity contribution in [2.75, 3.05) is 7.11 Å². The first-order valence-corrected chi connectivity index (χ1v) is 7.60. The summed E-state index contributed by atoms with van der Waals surface area (Å²) in [6, 6.07) is 7.36. The van der Waals surface area contributed by atoms with Crippen LogP contribution in [0.4, 0.5) is 0 Å². The van der Waals surface area contributed by atoms with Crippen LogP contribution in [0.1, 0.15) is 21.9 Å². The molecule has 21 heavy (non-hydrogen) atoms. The Morgan fingerprint density at radius 3 is 2.52 bits per heavy atom. The molecule has 1 heterocycles. The second-order valence-corrected chi connectivity index (χ2v) is 6.12. The minimum Gasteiger partial charge on any atom is -0.497 e. The molecule has 0 fully saturated rings. The van der Waals surface area contributed by atoms with Gasteiger partial charge in [-0.15, -0.1) is 0 Å². The molecule has 1 amide bonds. The van der Waals surface area contributed by atoms with E-state index in [-0.39, 0.29) is 10.5 Å². The lowest BCUT2D eigenvalue weighted by Gasteiger charge is -2.07. The fraction of sp³-hybridized carbons (Fsp3) is 0.214. The zero-order valence-electron chi connectivity index (χ0n) is 11.8. The van der Waals surface area contributed by atoms with Crippen LogP contribution < -0.4 is 9.46 Å². The third kappa shape index (κ3) is 3.25. The van der Waals surface area contributed by atoms with Crippen LogP contribution in [0.3, 0.4) is 0 Å². The van der Waals surface area contributed by atoms with Crippen molar-refractivity contribution in [2.24, 2.45) is 0 Å². The normalized spacial score (nSPS) is 11.2. The molecule has 0 aliphatic heterocycles. The predicted octanol–water partition coefficient (Wildman–Crippen LogP) is 2.02. The van der Waals surface area contributed by atoms with Gasteiger partial charge in [0.25, 0.3) is 15.9 Å². The third-order valence-electron chi connectivity index (χ3n) is 2.86. The number of furan rings is 1. The lowest BCUT2D eigenvalue weighted by molar-refractivity contribution is 0.0980. The molecule has 1 N–H and O–H groups in total. The van der Waals surface area contributed by atoms with Gasteiger partial charge in [-0.2, -0.15) is 0 Å². The Hall–Kier alpha value is -2.28. The molecule has 0 radical (unpaired) electrons. The number of amides is 1. The largest absolute Gasteiger partial charge is 0.497 e. The molecule has 2 rings (SSSR count). The Morgan fingerprint density at radius 1 is 1.24 bits per heavy atom. The van der Waals surface area contributed by atoms with Crippen molar-refractivity contribution >= 4 is 15.9 Å². The van der Waals surface area contributed by atoms with Crippen LogP contribution in [-0.2, 0) is 10.0 Å². The molecule has 0 unspecified atom stereocenters. The molecule has 6 nitrogen and oxygen atoms in total. The number of benzene rings is 1. The summed E-state index contributed by atoms with van der Waals surface area (Å²) in [5, 5.41) is 0. The first-order valence-electron chi connectivity index (χ1n) is 6.12. The van der Waals surface area contributed by atoms with Gasteiger partial charge in [-0.25, -0.2) is 13.1 Å². The minimum absolute atomic E-state index is 0.0481. The Morgan fingerprint density at radius 2 is 1.95 bits per heavy atom. The molecule has 1 aromatic carbocycles. The number of hydrogen-bond acceptors (Lipinski definition) is 5. The van der Waals surface area contributed by atoms with Crippen molar-refractivity contribution in [2.45, 2.75) is 18.7 Å². The molecular formula is C14H15NO5S. The van der Waals surface area contributed by atoms with Gasteiger partial charge in [-0.05, 0) is 32.0 Å². The van der Waals surface area contributed by atoms with E-state index in [4.69, 9.17) is 9.15 Å². The van der Waals surface area contributed by atoms with Crippen molar-refractivity contribution < 1.29 is 22.4 Å². The predicted molar refractivity (Wildman–Crippen MR) is 75.8 cm³/mol. The quantitative estimate of drug-likeness (QED) is 0.934. The molecule has 0 bridgehead atoms.